The zero-order chi connectivity index (χ0) is 20.3. The monoisotopic (exact) mass is 379 g/mol. The van der Waals surface area contributed by atoms with Gasteiger partial charge in [0.15, 0.2) is 0 Å². The summed E-state index contributed by atoms with van der Waals surface area (Å²) < 4.78 is 0. The minimum Gasteiger partial charge on any atom is -0.377 e. The van der Waals surface area contributed by atoms with Gasteiger partial charge in [-0.3, -0.25) is 9.59 Å². The van der Waals surface area contributed by atoms with Crippen LogP contribution >= 0.6 is 0 Å². The lowest BCUT2D eigenvalue weighted by Gasteiger charge is -2.30. The van der Waals surface area contributed by atoms with Crippen LogP contribution < -0.4 is 10.2 Å². The number of hydrogen-bond acceptors (Lipinski definition) is 3. The maximum absolute atomic E-state index is 12.4. The highest BCUT2D eigenvalue weighted by atomic mass is 16.2. The van der Waals surface area contributed by atoms with Gasteiger partial charge in [-0.15, -0.1) is 0 Å². The summed E-state index contributed by atoms with van der Waals surface area (Å²) in [5.41, 5.74) is 3.93. The van der Waals surface area contributed by atoms with Gasteiger partial charge in [0.1, 0.15) is 0 Å². The fraction of sp³-hybridized carbons (Fsp3) is 0.391. The Balaban J connectivity index is 1.87. The SMILES string of the molecule is CC(=O)N(Cc1cc(NC(=O)C2CC2)ccc1N(C)C)C(C)c1ccccc1. The summed E-state index contributed by atoms with van der Waals surface area (Å²) in [7, 11) is 3.97. The van der Waals surface area contributed by atoms with Crippen molar-refractivity contribution >= 4 is 23.2 Å². The maximum Gasteiger partial charge on any atom is 0.227 e. The van der Waals surface area contributed by atoms with Crippen molar-refractivity contribution < 1.29 is 9.59 Å². The molecule has 0 aromatic heterocycles. The van der Waals surface area contributed by atoms with E-state index in [0.29, 0.717) is 6.54 Å². The zero-order valence-electron chi connectivity index (χ0n) is 17.1. The Morgan fingerprint density at radius 3 is 2.36 bits per heavy atom. The number of nitrogens with zero attached hydrogens (tertiary/aromatic N) is 2. The third kappa shape index (κ3) is 4.71. The van der Waals surface area contributed by atoms with Gasteiger partial charge in [-0.25, -0.2) is 0 Å². The van der Waals surface area contributed by atoms with E-state index in [1.807, 2.05) is 79.3 Å². The first-order chi connectivity index (χ1) is 13.4. The van der Waals surface area contributed by atoms with Crippen molar-refractivity contribution in [2.75, 3.05) is 24.3 Å². The van der Waals surface area contributed by atoms with Crippen LogP contribution in [0.2, 0.25) is 0 Å². The lowest BCUT2D eigenvalue weighted by Crippen LogP contribution is -2.31. The number of rotatable bonds is 7. The third-order valence-electron chi connectivity index (χ3n) is 5.27. The van der Waals surface area contributed by atoms with Crippen molar-refractivity contribution in [1.82, 2.24) is 4.90 Å². The minimum absolute atomic E-state index is 0.0217. The fourth-order valence-corrected chi connectivity index (χ4v) is 3.43. The number of benzene rings is 2. The first-order valence-corrected chi connectivity index (χ1v) is 9.80. The largest absolute Gasteiger partial charge is 0.377 e. The van der Waals surface area contributed by atoms with Crippen LogP contribution in [0, 0.1) is 5.92 Å². The molecule has 3 rings (SSSR count). The van der Waals surface area contributed by atoms with Crippen LogP contribution in [0.15, 0.2) is 48.5 Å². The van der Waals surface area contributed by atoms with Gasteiger partial charge < -0.3 is 15.1 Å². The molecule has 0 bridgehead atoms. The molecule has 0 aliphatic heterocycles. The summed E-state index contributed by atoms with van der Waals surface area (Å²) in [5.74, 6) is 0.266. The van der Waals surface area contributed by atoms with Crippen molar-refractivity contribution in [3.05, 3.63) is 59.7 Å². The highest BCUT2D eigenvalue weighted by Crippen LogP contribution is 2.32. The Morgan fingerprint density at radius 2 is 1.79 bits per heavy atom. The average molecular weight is 380 g/mol. The van der Waals surface area contributed by atoms with E-state index in [1.54, 1.807) is 6.92 Å². The Morgan fingerprint density at radius 1 is 1.11 bits per heavy atom. The van der Waals surface area contributed by atoms with Crippen molar-refractivity contribution in [1.29, 1.82) is 0 Å². The summed E-state index contributed by atoms with van der Waals surface area (Å²) >= 11 is 0. The van der Waals surface area contributed by atoms with Crippen LogP contribution in [0.25, 0.3) is 0 Å². The summed E-state index contributed by atoms with van der Waals surface area (Å²) in [5, 5.41) is 3.01. The van der Waals surface area contributed by atoms with Crippen molar-refractivity contribution in [2.45, 2.75) is 39.3 Å². The smallest absolute Gasteiger partial charge is 0.227 e. The van der Waals surface area contributed by atoms with E-state index in [9.17, 15) is 9.59 Å². The van der Waals surface area contributed by atoms with Crippen LogP contribution in [0.1, 0.15) is 43.9 Å². The van der Waals surface area contributed by atoms with Crippen molar-refractivity contribution in [3.8, 4) is 0 Å². The Labute approximate surface area is 167 Å². The van der Waals surface area contributed by atoms with Gasteiger partial charge in [0, 0.05) is 44.9 Å². The summed E-state index contributed by atoms with van der Waals surface area (Å²) in [6, 6.07) is 15.9. The van der Waals surface area contributed by atoms with Gasteiger partial charge in [-0.2, -0.15) is 0 Å². The summed E-state index contributed by atoms with van der Waals surface area (Å²) in [6.07, 6.45) is 1.95. The summed E-state index contributed by atoms with van der Waals surface area (Å²) in [6.45, 7) is 4.13. The maximum atomic E-state index is 12.4. The molecule has 148 valence electrons. The van der Waals surface area contributed by atoms with Gasteiger partial charge in [-0.05, 0) is 49.1 Å². The van der Waals surface area contributed by atoms with Crippen LogP contribution in [-0.2, 0) is 16.1 Å². The molecule has 2 aromatic carbocycles. The minimum atomic E-state index is -0.0431. The third-order valence-corrected chi connectivity index (χ3v) is 5.27. The molecule has 0 saturated heterocycles. The molecule has 1 fully saturated rings. The Hall–Kier alpha value is -2.82. The van der Waals surface area contributed by atoms with E-state index < -0.39 is 0 Å². The van der Waals surface area contributed by atoms with E-state index in [2.05, 4.69) is 5.32 Å². The number of carbonyl (C=O) groups is 2. The predicted molar refractivity (Wildman–Crippen MR) is 113 cm³/mol. The second kappa shape index (κ2) is 8.46. The van der Waals surface area contributed by atoms with Gasteiger partial charge in [0.25, 0.3) is 0 Å². The molecule has 0 heterocycles. The van der Waals surface area contributed by atoms with Gasteiger partial charge in [0.05, 0.1) is 6.04 Å². The van der Waals surface area contributed by atoms with Crippen LogP contribution in [0.4, 0.5) is 11.4 Å². The number of anilines is 2. The zero-order valence-corrected chi connectivity index (χ0v) is 17.1. The fourth-order valence-electron chi connectivity index (χ4n) is 3.43. The molecule has 0 spiro atoms. The molecule has 2 aromatic rings. The highest BCUT2D eigenvalue weighted by molar-refractivity contribution is 5.94. The topological polar surface area (TPSA) is 52.7 Å². The average Bonchev–Trinajstić information content (AvgIpc) is 3.51. The van der Waals surface area contributed by atoms with E-state index in [1.165, 1.54) is 0 Å². The van der Waals surface area contributed by atoms with Crippen LogP contribution in [0.5, 0.6) is 0 Å². The van der Waals surface area contributed by atoms with Crippen LogP contribution in [0.3, 0.4) is 0 Å². The van der Waals surface area contributed by atoms with Gasteiger partial charge >= 0.3 is 0 Å². The summed E-state index contributed by atoms with van der Waals surface area (Å²) in [4.78, 5) is 28.5. The van der Waals surface area contributed by atoms with E-state index in [0.717, 1.165) is 35.3 Å². The Bertz CT molecular complexity index is 844. The molecule has 0 radical (unpaired) electrons. The second-order valence-corrected chi connectivity index (χ2v) is 7.74. The van der Waals surface area contributed by atoms with Crippen molar-refractivity contribution in [3.63, 3.8) is 0 Å². The number of amides is 2. The lowest BCUT2D eigenvalue weighted by molar-refractivity contribution is -0.131. The van der Waals surface area contributed by atoms with Crippen molar-refractivity contribution in [2.24, 2.45) is 5.92 Å². The highest BCUT2D eigenvalue weighted by Gasteiger charge is 2.29. The van der Waals surface area contributed by atoms with Gasteiger partial charge in [-0.1, -0.05) is 30.3 Å². The number of hydrogen-bond donors (Lipinski definition) is 1. The molecule has 1 atom stereocenters. The number of nitrogens with one attached hydrogen (secondary N) is 1. The molecule has 2 amide bonds. The second-order valence-electron chi connectivity index (χ2n) is 7.74. The van der Waals surface area contributed by atoms with E-state index in [-0.39, 0.29) is 23.8 Å². The standard InChI is InChI=1S/C23H29N3O2/c1-16(18-8-6-5-7-9-18)26(17(2)27)15-20-14-21(12-13-22(20)25(3)4)24-23(28)19-10-11-19/h5-9,12-14,16,19H,10-11,15H2,1-4H3,(H,24,28). The molecule has 1 saturated carbocycles. The molecule has 1 aliphatic carbocycles. The first kappa shape index (κ1) is 19.9. The molecule has 1 aliphatic rings. The molecule has 1 N–H and O–H groups in total. The lowest BCUT2D eigenvalue weighted by atomic mass is 10.0. The molecular weight excluding hydrogens is 350 g/mol. The Kier molecular flexibility index (Phi) is 6.02. The molecule has 5 heteroatoms. The molecule has 1 unspecified atom stereocenters. The molecular formula is C23H29N3O2. The predicted octanol–water partition coefficient (Wildman–Crippen LogP) is 4.21. The normalized spacial score (nSPS) is 14.3. The quantitative estimate of drug-likeness (QED) is 0.784. The van der Waals surface area contributed by atoms with E-state index in [4.69, 9.17) is 0 Å². The van der Waals surface area contributed by atoms with Crippen LogP contribution in [-0.4, -0.2) is 30.8 Å². The van der Waals surface area contributed by atoms with Gasteiger partial charge in [0.2, 0.25) is 11.8 Å². The first-order valence-electron chi connectivity index (χ1n) is 9.80. The number of carbonyl (C=O) groups excluding carboxylic acids is 2. The van der Waals surface area contributed by atoms with E-state index >= 15 is 0 Å². The molecule has 5 nitrogen and oxygen atoms in total. The molecule has 28 heavy (non-hydrogen) atoms.